The van der Waals surface area contributed by atoms with Gasteiger partial charge in [0.2, 0.25) is 0 Å². The van der Waals surface area contributed by atoms with Crippen LogP contribution in [0.2, 0.25) is 5.02 Å². The minimum absolute atomic E-state index is 0.614. The third-order valence-corrected chi connectivity index (χ3v) is 3.64. The third-order valence-electron chi connectivity index (χ3n) is 3.33. The Balaban J connectivity index is 2.39. The molecule has 0 saturated heterocycles. The predicted octanol–water partition coefficient (Wildman–Crippen LogP) is 4.13. The highest BCUT2D eigenvalue weighted by Crippen LogP contribution is 2.32. The van der Waals surface area contributed by atoms with Gasteiger partial charge in [-0.1, -0.05) is 30.7 Å². The standard InChI is InChI=1S/C17H20ClNO2/c1-4-19-11-14-9-12(6-8-16(14)20-2)13-5-7-15(18)17(10-13)21-3/h5-10,19H,4,11H2,1-3H3. The number of methoxy groups -OCH3 is 2. The molecule has 0 bridgehead atoms. The SMILES string of the molecule is CCNCc1cc(-c2ccc(Cl)c(OC)c2)ccc1OC. The molecule has 21 heavy (non-hydrogen) atoms. The van der Waals surface area contributed by atoms with Crippen molar-refractivity contribution in [3.8, 4) is 22.6 Å². The van der Waals surface area contributed by atoms with Crippen molar-refractivity contribution < 1.29 is 9.47 Å². The molecule has 0 saturated carbocycles. The van der Waals surface area contributed by atoms with Gasteiger partial charge in [0.1, 0.15) is 11.5 Å². The summed E-state index contributed by atoms with van der Waals surface area (Å²) in [7, 11) is 3.31. The molecular formula is C17H20ClNO2. The smallest absolute Gasteiger partial charge is 0.138 e. The van der Waals surface area contributed by atoms with E-state index in [1.54, 1.807) is 14.2 Å². The first-order valence-electron chi connectivity index (χ1n) is 6.91. The van der Waals surface area contributed by atoms with Crippen LogP contribution in [-0.4, -0.2) is 20.8 Å². The van der Waals surface area contributed by atoms with E-state index in [-0.39, 0.29) is 0 Å². The van der Waals surface area contributed by atoms with Gasteiger partial charge in [-0.25, -0.2) is 0 Å². The third kappa shape index (κ3) is 3.69. The van der Waals surface area contributed by atoms with Crippen LogP contribution in [0.3, 0.4) is 0 Å². The molecule has 2 aromatic carbocycles. The van der Waals surface area contributed by atoms with Crippen LogP contribution in [0, 0.1) is 0 Å². The van der Waals surface area contributed by atoms with Gasteiger partial charge in [0.25, 0.3) is 0 Å². The molecule has 0 atom stereocenters. The number of rotatable bonds is 6. The lowest BCUT2D eigenvalue weighted by Gasteiger charge is -2.12. The first-order chi connectivity index (χ1) is 10.2. The summed E-state index contributed by atoms with van der Waals surface area (Å²) in [5.41, 5.74) is 3.31. The van der Waals surface area contributed by atoms with E-state index in [0.717, 1.165) is 35.5 Å². The fourth-order valence-corrected chi connectivity index (χ4v) is 2.39. The fraction of sp³-hybridized carbons (Fsp3) is 0.294. The summed E-state index contributed by atoms with van der Waals surface area (Å²) in [6.45, 7) is 3.78. The van der Waals surface area contributed by atoms with Crippen LogP contribution in [-0.2, 0) is 6.54 Å². The molecule has 2 rings (SSSR count). The molecule has 0 aromatic heterocycles. The lowest BCUT2D eigenvalue weighted by atomic mass is 10.0. The number of nitrogens with one attached hydrogen (secondary N) is 1. The second kappa shape index (κ2) is 7.34. The molecule has 2 aromatic rings. The van der Waals surface area contributed by atoms with Gasteiger partial charge in [-0.05, 0) is 41.9 Å². The monoisotopic (exact) mass is 305 g/mol. The minimum atomic E-state index is 0.614. The molecule has 0 aliphatic rings. The van der Waals surface area contributed by atoms with Gasteiger partial charge in [-0.2, -0.15) is 0 Å². The average Bonchev–Trinajstić information content (AvgIpc) is 2.53. The van der Waals surface area contributed by atoms with E-state index < -0.39 is 0 Å². The first-order valence-corrected chi connectivity index (χ1v) is 7.29. The van der Waals surface area contributed by atoms with Crippen LogP contribution in [0.5, 0.6) is 11.5 Å². The maximum atomic E-state index is 6.08. The van der Waals surface area contributed by atoms with E-state index in [1.807, 2.05) is 30.3 Å². The predicted molar refractivity (Wildman–Crippen MR) is 87.4 cm³/mol. The number of benzene rings is 2. The molecule has 0 unspecified atom stereocenters. The second-order valence-electron chi connectivity index (χ2n) is 4.66. The van der Waals surface area contributed by atoms with E-state index in [1.165, 1.54) is 0 Å². The van der Waals surface area contributed by atoms with Crippen molar-refractivity contribution in [1.82, 2.24) is 5.32 Å². The number of halogens is 1. The zero-order valence-electron chi connectivity index (χ0n) is 12.6. The molecule has 0 spiro atoms. The summed E-state index contributed by atoms with van der Waals surface area (Å²) < 4.78 is 10.7. The van der Waals surface area contributed by atoms with Gasteiger partial charge in [0.15, 0.2) is 0 Å². The molecule has 3 nitrogen and oxygen atoms in total. The van der Waals surface area contributed by atoms with E-state index in [9.17, 15) is 0 Å². The molecule has 0 radical (unpaired) electrons. The molecule has 0 aliphatic carbocycles. The Labute approximate surface area is 130 Å². The van der Waals surface area contributed by atoms with E-state index in [4.69, 9.17) is 21.1 Å². The Kier molecular flexibility index (Phi) is 5.48. The van der Waals surface area contributed by atoms with Crippen molar-refractivity contribution in [2.75, 3.05) is 20.8 Å². The molecule has 0 fully saturated rings. The Hall–Kier alpha value is -1.71. The molecule has 0 heterocycles. The molecular weight excluding hydrogens is 286 g/mol. The van der Waals surface area contributed by atoms with Crippen molar-refractivity contribution in [1.29, 1.82) is 0 Å². The zero-order chi connectivity index (χ0) is 15.2. The van der Waals surface area contributed by atoms with Crippen molar-refractivity contribution in [2.45, 2.75) is 13.5 Å². The van der Waals surface area contributed by atoms with Crippen molar-refractivity contribution in [2.24, 2.45) is 0 Å². The van der Waals surface area contributed by atoms with Crippen molar-refractivity contribution in [3.05, 3.63) is 47.0 Å². The Morgan fingerprint density at radius 3 is 2.29 bits per heavy atom. The Morgan fingerprint density at radius 2 is 1.62 bits per heavy atom. The molecule has 4 heteroatoms. The van der Waals surface area contributed by atoms with Gasteiger partial charge in [-0.3, -0.25) is 0 Å². The Bertz CT molecular complexity index is 614. The lowest BCUT2D eigenvalue weighted by molar-refractivity contribution is 0.408. The molecule has 112 valence electrons. The van der Waals surface area contributed by atoms with E-state index in [2.05, 4.69) is 18.3 Å². The fourth-order valence-electron chi connectivity index (χ4n) is 2.20. The number of hydrogen-bond acceptors (Lipinski definition) is 3. The molecule has 0 aliphatic heterocycles. The van der Waals surface area contributed by atoms with Crippen LogP contribution in [0.15, 0.2) is 36.4 Å². The second-order valence-corrected chi connectivity index (χ2v) is 5.06. The summed E-state index contributed by atoms with van der Waals surface area (Å²) >= 11 is 6.08. The summed E-state index contributed by atoms with van der Waals surface area (Å²) in [5, 5.41) is 3.94. The summed E-state index contributed by atoms with van der Waals surface area (Å²) in [6.07, 6.45) is 0. The van der Waals surface area contributed by atoms with E-state index in [0.29, 0.717) is 10.8 Å². The number of ether oxygens (including phenoxy) is 2. The van der Waals surface area contributed by atoms with Gasteiger partial charge >= 0.3 is 0 Å². The summed E-state index contributed by atoms with van der Waals surface area (Å²) in [5.74, 6) is 1.57. The van der Waals surface area contributed by atoms with Gasteiger partial charge < -0.3 is 14.8 Å². The maximum Gasteiger partial charge on any atom is 0.138 e. The maximum absolute atomic E-state index is 6.08. The van der Waals surface area contributed by atoms with Gasteiger partial charge in [-0.15, -0.1) is 0 Å². The summed E-state index contributed by atoms with van der Waals surface area (Å²) in [6, 6.07) is 11.9. The van der Waals surface area contributed by atoms with Crippen LogP contribution in [0.25, 0.3) is 11.1 Å². The van der Waals surface area contributed by atoms with Crippen LogP contribution in [0.4, 0.5) is 0 Å². The highest BCUT2D eigenvalue weighted by molar-refractivity contribution is 6.32. The summed E-state index contributed by atoms with van der Waals surface area (Å²) in [4.78, 5) is 0. The largest absolute Gasteiger partial charge is 0.496 e. The molecule has 1 N–H and O–H groups in total. The topological polar surface area (TPSA) is 30.5 Å². The minimum Gasteiger partial charge on any atom is -0.496 e. The molecule has 0 amide bonds. The van der Waals surface area contributed by atoms with Crippen LogP contribution < -0.4 is 14.8 Å². The number of hydrogen-bond donors (Lipinski definition) is 1. The average molecular weight is 306 g/mol. The van der Waals surface area contributed by atoms with Gasteiger partial charge in [0.05, 0.1) is 19.2 Å². The van der Waals surface area contributed by atoms with Crippen molar-refractivity contribution in [3.63, 3.8) is 0 Å². The lowest BCUT2D eigenvalue weighted by Crippen LogP contribution is -2.12. The Morgan fingerprint density at radius 1 is 0.952 bits per heavy atom. The first kappa shape index (κ1) is 15.7. The highest BCUT2D eigenvalue weighted by Gasteiger charge is 2.08. The highest BCUT2D eigenvalue weighted by atomic mass is 35.5. The van der Waals surface area contributed by atoms with Crippen LogP contribution in [0.1, 0.15) is 12.5 Å². The van der Waals surface area contributed by atoms with Crippen LogP contribution >= 0.6 is 11.6 Å². The van der Waals surface area contributed by atoms with Crippen molar-refractivity contribution >= 4 is 11.6 Å². The quantitative estimate of drug-likeness (QED) is 0.870. The van der Waals surface area contributed by atoms with E-state index >= 15 is 0 Å². The normalized spacial score (nSPS) is 10.5. The zero-order valence-corrected chi connectivity index (χ0v) is 13.3. The van der Waals surface area contributed by atoms with Gasteiger partial charge in [0, 0.05) is 12.1 Å².